The quantitative estimate of drug-likeness (QED) is 0.447. The molecule has 0 saturated carbocycles. The van der Waals surface area contributed by atoms with Crippen LogP contribution in [-0.2, 0) is 6.42 Å². The molecule has 0 atom stereocenters. The van der Waals surface area contributed by atoms with Crippen molar-refractivity contribution in [1.82, 2.24) is 10.3 Å². The Morgan fingerprint density at radius 1 is 1.44 bits per heavy atom. The molecule has 0 bridgehead atoms. The summed E-state index contributed by atoms with van der Waals surface area (Å²) in [5.41, 5.74) is 1.45. The van der Waals surface area contributed by atoms with Crippen LogP contribution < -0.4 is 0 Å². The van der Waals surface area contributed by atoms with Gasteiger partial charge in [-0.1, -0.05) is 6.08 Å². The van der Waals surface area contributed by atoms with E-state index in [4.69, 9.17) is 0 Å². The molecule has 82 valence electrons. The maximum absolute atomic E-state index is 10.7. The Hall–Kier alpha value is -2.24. The van der Waals surface area contributed by atoms with Crippen molar-refractivity contribution >= 4 is 16.7 Å². The smallest absolute Gasteiger partial charge is 0.258 e. The second-order valence-electron chi connectivity index (χ2n) is 3.29. The summed E-state index contributed by atoms with van der Waals surface area (Å²) in [6.07, 6.45) is 3.27. The third-order valence-corrected chi connectivity index (χ3v) is 2.29. The van der Waals surface area contributed by atoms with Gasteiger partial charge in [0.25, 0.3) is 0 Å². The molecule has 1 aromatic carbocycles. The van der Waals surface area contributed by atoms with Crippen molar-refractivity contribution < 1.29 is 9.55 Å². The first-order valence-corrected chi connectivity index (χ1v) is 4.73. The molecule has 0 aliphatic carbocycles. The monoisotopic (exact) mass is 219 g/mol. The first-order chi connectivity index (χ1) is 7.74. The summed E-state index contributed by atoms with van der Waals surface area (Å²) in [7, 11) is 0. The Morgan fingerprint density at radius 3 is 2.88 bits per heavy atom. The molecular weight excluding hydrogens is 210 g/mol. The van der Waals surface area contributed by atoms with Crippen LogP contribution in [0.25, 0.3) is 11.0 Å². The molecule has 0 N–H and O–H groups in total. The van der Waals surface area contributed by atoms with Crippen molar-refractivity contribution in [2.24, 2.45) is 0 Å². The van der Waals surface area contributed by atoms with Crippen molar-refractivity contribution in [3.63, 3.8) is 0 Å². The number of nitrogens with zero attached hydrogens (tertiary/aromatic N) is 3. The molecule has 1 aromatic heterocycles. The van der Waals surface area contributed by atoms with E-state index in [-0.39, 0.29) is 11.2 Å². The molecule has 6 nitrogen and oxygen atoms in total. The fourth-order valence-corrected chi connectivity index (χ4v) is 1.51. The molecule has 16 heavy (non-hydrogen) atoms. The highest BCUT2D eigenvalue weighted by atomic mass is 16.6. The second-order valence-corrected chi connectivity index (χ2v) is 3.29. The number of nitro groups is 1. The van der Waals surface area contributed by atoms with Gasteiger partial charge in [-0.25, -0.2) is 4.63 Å². The van der Waals surface area contributed by atoms with Crippen LogP contribution in [0.2, 0.25) is 0 Å². The molecule has 0 amide bonds. The molecule has 2 aromatic rings. The minimum Gasteiger partial charge on any atom is -0.258 e. The standard InChI is InChI=1S/C10H9N3O3/c1-2-3-4-7-5-6-8(13(14)15)10-9(7)11-16-12-10/h2,5-6H,1,3-4H2. The molecule has 0 spiro atoms. The Balaban J connectivity index is 2.54. The Labute approximate surface area is 90.7 Å². The molecule has 0 radical (unpaired) electrons. The fourth-order valence-electron chi connectivity index (χ4n) is 1.51. The molecule has 6 heteroatoms. The first kappa shape index (κ1) is 10.3. The van der Waals surface area contributed by atoms with E-state index >= 15 is 0 Å². The van der Waals surface area contributed by atoms with Gasteiger partial charge >= 0.3 is 5.69 Å². The Morgan fingerprint density at radius 2 is 2.19 bits per heavy atom. The summed E-state index contributed by atoms with van der Waals surface area (Å²) >= 11 is 0. The van der Waals surface area contributed by atoms with Crippen molar-refractivity contribution in [1.29, 1.82) is 0 Å². The number of non-ortho nitro benzene ring substituents is 1. The van der Waals surface area contributed by atoms with Gasteiger partial charge in [-0.2, -0.15) is 0 Å². The minimum absolute atomic E-state index is 0.0846. The fraction of sp³-hybridized carbons (Fsp3) is 0.200. The highest BCUT2D eigenvalue weighted by Crippen LogP contribution is 2.26. The molecule has 0 fully saturated rings. The van der Waals surface area contributed by atoms with E-state index in [1.54, 1.807) is 12.1 Å². The lowest BCUT2D eigenvalue weighted by Gasteiger charge is -1.98. The molecular formula is C10H9N3O3. The van der Waals surface area contributed by atoms with E-state index < -0.39 is 4.92 Å². The van der Waals surface area contributed by atoms with Gasteiger partial charge < -0.3 is 0 Å². The van der Waals surface area contributed by atoms with E-state index in [0.29, 0.717) is 11.9 Å². The average molecular weight is 219 g/mol. The van der Waals surface area contributed by atoms with Gasteiger partial charge in [0.1, 0.15) is 5.52 Å². The lowest BCUT2D eigenvalue weighted by atomic mass is 10.1. The van der Waals surface area contributed by atoms with Crippen molar-refractivity contribution in [3.8, 4) is 0 Å². The third kappa shape index (κ3) is 1.65. The van der Waals surface area contributed by atoms with Crippen molar-refractivity contribution in [3.05, 3.63) is 40.5 Å². The number of aryl methyl sites for hydroxylation is 1. The molecule has 0 aliphatic heterocycles. The zero-order valence-electron chi connectivity index (χ0n) is 8.42. The summed E-state index contributed by atoms with van der Waals surface area (Å²) in [5, 5.41) is 18.0. The molecule has 1 heterocycles. The highest BCUT2D eigenvalue weighted by molar-refractivity contribution is 5.85. The normalized spacial score (nSPS) is 10.5. The zero-order valence-corrected chi connectivity index (χ0v) is 8.42. The topological polar surface area (TPSA) is 82.1 Å². The largest absolute Gasteiger partial charge is 0.300 e. The van der Waals surface area contributed by atoms with Crippen molar-refractivity contribution in [2.75, 3.05) is 0 Å². The van der Waals surface area contributed by atoms with Crippen LogP contribution in [0.4, 0.5) is 5.69 Å². The van der Waals surface area contributed by atoms with Gasteiger partial charge in [0.15, 0.2) is 0 Å². The SMILES string of the molecule is C=CCCc1ccc([N+](=O)[O-])c2nonc12. The molecule has 0 unspecified atom stereocenters. The predicted octanol–water partition coefficient (Wildman–Crippen LogP) is 2.25. The number of fused-ring (bicyclic) bond motifs is 1. The number of nitro benzene ring substituents is 1. The van der Waals surface area contributed by atoms with Crippen LogP contribution in [0.15, 0.2) is 29.4 Å². The first-order valence-electron chi connectivity index (χ1n) is 4.73. The number of allylic oxidation sites excluding steroid dienone is 1. The van der Waals surface area contributed by atoms with Crippen LogP contribution >= 0.6 is 0 Å². The van der Waals surface area contributed by atoms with Gasteiger partial charge in [-0.3, -0.25) is 10.1 Å². The molecule has 2 rings (SSSR count). The van der Waals surface area contributed by atoms with E-state index in [0.717, 1.165) is 12.0 Å². The summed E-state index contributed by atoms with van der Waals surface area (Å²) in [4.78, 5) is 10.2. The summed E-state index contributed by atoms with van der Waals surface area (Å²) < 4.78 is 4.55. The Bertz CT molecular complexity index is 547. The van der Waals surface area contributed by atoms with Crippen LogP contribution in [0, 0.1) is 10.1 Å². The summed E-state index contributed by atoms with van der Waals surface area (Å²) in [6, 6.07) is 3.10. The molecule has 0 aliphatic rings. The summed E-state index contributed by atoms with van der Waals surface area (Å²) in [5.74, 6) is 0. The van der Waals surface area contributed by atoms with Crippen LogP contribution in [0.5, 0.6) is 0 Å². The minimum atomic E-state index is -0.496. The van der Waals surface area contributed by atoms with E-state index in [2.05, 4.69) is 21.5 Å². The van der Waals surface area contributed by atoms with Gasteiger partial charge in [-0.05, 0) is 34.8 Å². The maximum atomic E-state index is 10.7. The van der Waals surface area contributed by atoms with E-state index in [9.17, 15) is 10.1 Å². The highest BCUT2D eigenvalue weighted by Gasteiger charge is 2.18. The number of rotatable bonds is 4. The molecule has 0 saturated heterocycles. The van der Waals surface area contributed by atoms with Gasteiger partial charge in [0.05, 0.1) is 4.92 Å². The average Bonchev–Trinajstić information content (AvgIpc) is 2.74. The van der Waals surface area contributed by atoms with Gasteiger partial charge in [0.2, 0.25) is 5.52 Å². The van der Waals surface area contributed by atoms with E-state index in [1.807, 2.05) is 0 Å². The van der Waals surface area contributed by atoms with Crippen LogP contribution in [-0.4, -0.2) is 15.2 Å². The lowest BCUT2D eigenvalue weighted by molar-refractivity contribution is -0.383. The van der Waals surface area contributed by atoms with Gasteiger partial charge in [0, 0.05) is 6.07 Å². The van der Waals surface area contributed by atoms with Crippen molar-refractivity contribution in [2.45, 2.75) is 12.8 Å². The lowest BCUT2D eigenvalue weighted by Crippen LogP contribution is -1.92. The zero-order chi connectivity index (χ0) is 11.5. The van der Waals surface area contributed by atoms with Crippen LogP contribution in [0.1, 0.15) is 12.0 Å². The van der Waals surface area contributed by atoms with Crippen LogP contribution in [0.3, 0.4) is 0 Å². The number of hydrogen-bond acceptors (Lipinski definition) is 5. The number of aromatic nitrogens is 2. The third-order valence-electron chi connectivity index (χ3n) is 2.29. The second kappa shape index (κ2) is 4.09. The maximum Gasteiger partial charge on any atom is 0.300 e. The van der Waals surface area contributed by atoms with E-state index in [1.165, 1.54) is 6.07 Å². The number of benzene rings is 1. The van der Waals surface area contributed by atoms with Gasteiger partial charge in [-0.15, -0.1) is 6.58 Å². The number of hydrogen-bond donors (Lipinski definition) is 0. The Kier molecular flexibility index (Phi) is 2.63. The summed E-state index contributed by atoms with van der Waals surface area (Å²) in [6.45, 7) is 3.62. The predicted molar refractivity (Wildman–Crippen MR) is 57.0 cm³/mol.